The SMILES string of the molecule is CCNC(=S)NCCCn1nc(C(F)(F)F)cc1C. The number of halogens is 3. The third-order valence-electron chi connectivity index (χ3n) is 2.44. The fourth-order valence-electron chi connectivity index (χ4n) is 1.53. The molecule has 0 unspecified atom stereocenters. The van der Waals surface area contributed by atoms with Crippen LogP contribution >= 0.6 is 12.2 Å². The summed E-state index contributed by atoms with van der Waals surface area (Å²) in [7, 11) is 0. The molecule has 19 heavy (non-hydrogen) atoms. The first-order valence-corrected chi connectivity index (χ1v) is 6.38. The number of rotatable bonds is 5. The predicted molar refractivity (Wildman–Crippen MR) is 70.9 cm³/mol. The molecule has 0 aliphatic heterocycles. The van der Waals surface area contributed by atoms with Crippen LogP contribution < -0.4 is 10.6 Å². The summed E-state index contributed by atoms with van der Waals surface area (Å²) in [4.78, 5) is 0. The molecule has 8 heteroatoms. The fraction of sp³-hybridized carbons (Fsp3) is 0.636. The van der Waals surface area contributed by atoms with Crippen LogP contribution in [-0.2, 0) is 12.7 Å². The van der Waals surface area contributed by atoms with Crippen molar-refractivity contribution in [1.29, 1.82) is 0 Å². The van der Waals surface area contributed by atoms with Gasteiger partial charge in [0.25, 0.3) is 0 Å². The number of hydrogen-bond acceptors (Lipinski definition) is 2. The lowest BCUT2D eigenvalue weighted by atomic mass is 10.3. The van der Waals surface area contributed by atoms with Gasteiger partial charge in [-0.3, -0.25) is 4.68 Å². The van der Waals surface area contributed by atoms with Gasteiger partial charge in [-0.15, -0.1) is 0 Å². The van der Waals surface area contributed by atoms with E-state index in [9.17, 15) is 13.2 Å². The van der Waals surface area contributed by atoms with Gasteiger partial charge in [0.1, 0.15) is 0 Å². The Hall–Kier alpha value is -1.31. The summed E-state index contributed by atoms with van der Waals surface area (Å²) in [5, 5.41) is 10.00. The Bertz CT molecular complexity index is 428. The zero-order valence-electron chi connectivity index (χ0n) is 10.8. The molecule has 0 atom stereocenters. The molecule has 1 aromatic rings. The molecule has 0 aliphatic carbocycles. The lowest BCUT2D eigenvalue weighted by Crippen LogP contribution is -2.35. The molecule has 0 aliphatic rings. The molecule has 0 spiro atoms. The highest BCUT2D eigenvalue weighted by Gasteiger charge is 2.34. The van der Waals surface area contributed by atoms with Crippen LogP contribution in [0.5, 0.6) is 0 Å². The van der Waals surface area contributed by atoms with Crippen molar-refractivity contribution in [3.05, 3.63) is 17.5 Å². The Morgan fingerprint density at radius 2 is 2.11 bits per heavy atom. The predicted octanol–water partition coefficient (Wildman–Crippen LogP) is 2.08. The van der Waals surface area contributed by atoms with Gasteiger partial charge in [-0.2, -0.15) is 18.3 Å². The molecule has 0 bridgehead atoms. The van der Waals surface area contributed by atoms with Crippen LogP contribution in [0.2, 0.25) is 0 Å². The number of hydrogen-bond donors (Lipinski definition) is 2. The molecule has 1 rings (SSSR count). The van der Waals surface area contributed by atoms with E-state index in [4.69, 9.17) is 12.2 Å². The topological polar surface area (TPSA) is 41.9 Å². The van der Waals surface area contributed by atoms with E-state index in [1.807, 2.05) is 6.92 Å². The Morgan fingerprint density at radius 3 is 2.63 bits per heavy atom. The first-order chi connectivity index (χ1) is 8.84. The summed E-state index contributed by atoms with van der Waals surface area (Å²) < 4.78 is 38.7. The zero-order valence-corrected chi connectivity index (χ0v) is 11.7. The van der Waals surface area contributed by atoms with Crippen molar-refractivity contribution in [3.8, 4) is 0 Å². The largest absolute Gasteiger partial charge is 0.435 e. The van der Waals surface area contributed by atoms with Gasteiger partial charge in [0.15, 0.2) is 10.8 Å². The van der Waals surface area contributed by atoms with Gasteiger partial charge < -0.3 is 10.6 Å². The summed E-state index contributed by atoms with van der Waals surface area (Å²) in [6.45, 7) is 5.29. The molecule has 1 aromatic heterocycles. The van der Waals surface area contributed by atoms with Gasteiger partial charge in [-0.05, 0) is 38.6 Å². The van der Waals surface area contributed by atoms with Gasteiger partial charge in [0.05, 0.1) is 0 Å². The zero-order chi connectivity index (χ0) is 14.5. The number of aryl methyl sites for hydroxylation is 2. The molecule has 0 amide bonds. The van der Waals surface area contributed by atoms with Crippen molar-refractivity contribution in [2.24, 2.45) is 0 Å². The fourth-order valence-corrected chi connectivity index (χ4v) is 1.78. The lowest BCUT2D eigenvalue weighted by Gasteiger charge is -2.09. The highest BCUT2D eigenvalue weighted by molar-refractivity contribution is 7.80. The standard InChI is InChI=1S/C11H17F3N4S/c1-3-15-10(19)16-5-4-6-18-8(2)7-9(17-18)11(12,13)14/h7H,3-6H2,1-2H3,(H2,15,16,19). The number of alkyl halides is 3. The number of thiocarbonyl (C=S) groups is 1. The maximum Gasteiger partial charge on any atom is 0.435 e. The third-order valence-corrected chi connectivity index (χ3v) is 2.73. The van der Waals surface area contributed by atoms with E-state index < -0.39 is 11.9 Å². The first kappa shape index (κ1) is 15.7. The summed E-state index contributed by atoms with van der Waals surface area (Å²) in [6.07, 6.45) is -3.74. The molecule has 0 radical (unpaired) electrons. The van der Waals surface area contributed by atoms with E-state index in [0.29, 0.717) is 30.3 Å². The lowest BCUT2D eigenvalue weighted by molar-refractivity contribution is -0.141. The van der Waals surface area contributed by atoms with Gasteiger partial charge >= 0.3 is 6.18 Å². The van der Waals surface area contributed by atoms with Crippen molar-refractivity contribution >= 4 is 17.3 Å². The van der Waals surface area contributed by atoms with Crippen LogP contribution in [0.3, 0.4) is 0 Å². The number of nitrogens with zero attached hydrogens (tertiary/aromatic N) is 2. The van der Waals surface area contributed by atoms with E-state index in [-0.39, 0.29) is 0 Å². The van der Waals surface area contributed by atoms with Gasteiger partial charge in [-0.1, -0.05) is 0 Å². The van der Waals surface area contributed by atoms with Crippen molar-refractivity contribution in [1.82, 2.24) is 20.4 Å². The maximum atomic E-state index is 12.4. The molecule has 2 N–H and O–H groups in total. The highest BCUT2D eigenvalue weighted by atomic mass is 32.1. The minimum atomic E-state index is -4.39. The molecule has 0 saturated carbocycles. The molecule has 0 aromatic carbocycles. The van der Waals surface area contributed by atoms with E-state index >= 15 is 0 Å². The summed E-state index contributed by atoms with van der Waals surface area (Å²) >= 11 is 4.97. The van der Waals surface area contributed by atoms with Crippen LogP contribution in [0.1, 0.15) is 24.7 Å². The number of aromatic nitrogens is 2. The number of nitrogens with one attached hydrogen (secondary N) is 2. The van der Waals surface area contributed by atoms with Crippen LogP contribution in [0.15, 0.2) is 6.07 Å². The van der Waals surface area contributed by atoms with Crippen LogP contribution in [-0.4, -0.2) is 28.0 Å². The molecule has 0 fully saturated rings. The Morgan fingerprint density at radius 1 is 1.42 bits per heavy atom. The molecule has 4 nitrogen and oxygen atoms in total. The second kappa shape index (κ2) is 6.74. The van der Waals surface area contributed by atoms with Gasteiger partial charge in [0, 0.05) is 25.3 Å². The van der Waals surface area contributed by atoms with Gasteiger partial charge in [-0.25, -0.2) is 0 Å². The van der Waals surface area contributed by atoms with E-state index in [0.717, 1.165) is 12.6 Å². The van der Waals surface area contributed by atoms with E-state index in [1.54, 1.807) is 6.92 Å². The minimum absolute atomic E-state index is 0.420. The Balaban J connectivity index is 2.42. The Kier molecular flexibility index (Phi) is 5.59. The first-order valence-electron chi connectivity index (χ1n) is 5.98. The van der Waals surface area contributed by atoms with Crippen LogP contribution in [0.4, 0.5) is 13.2 Å². The third kappa shape index (κ3) is 5.06. The second-order valence-electron chi connectivity index (χ2n) is 4.03. The normalized spacial score (nSPS) is 11.4. The molecule has 0 saturated heterocycles. The van der Waals surface area contributed by atoms with Crippen molar-refractivity contribution in [2.75, 3.05) is 13.1 Å². The van der Waals surface area contributed by atoms with Gasteiger partial charge in [0.2, 0.25) is 0 Å². The molecular weight excluding hydrogens is 277 g/mol. The summed E-state index contributed by atoms with van der Waals surface area (Å²) in [5.41, 5.74) is -0.345. The highest BCUT2D eigenvalue weighted by Crippen LogP contribution is 2.28. The maximum absolute atomic E-state index is 12.4. The van der Waals surface area contributed by atoms with Crippen molar-refractivity contribution in [3.63, 3.8) is 0 Å². The molecule has 108 valence electrons. The van der Waals surface area contributed by atoms with E-state index in [2.05, 4.69) is 15.7 Å². The monoisotopic (exact) mass is 294 g/mol. The minimum Gasteiger partial charge on any atom is -0.363 e. The van der Waals surface area contributed by atoms with Crippen LogP contribution in [0, 0.1) is 6.92 Å². The summed E-state index contributed by atoms with van der Waals surface area (Å²) in [5.74, 6) is 0. The Labute approximate surface area is 115 Å². The average molecular weight is 294 g/mol. The second-order valence-corrected chi connectivity index (χ2v) is 4.44. The molecular formula is C11H17F3N4S. The smallest absolute Gasteiger partial charge is 0.363 e. The van der Waals surface area contributed by atoms with Crippen molar-refractivity contribution < 1.29 is 13.2 Å². The van der Waals surface area contributed by atoms with E-state index in [1.165, 1.54) is 4.68 Å². The summed E-state index contributed by atoms with van der Waals surface area (Å²) in [6, 6.07) is 1.05. The van der Waals surface area contributed by atoms with Crippen molar-refractivity contribution in [2.45, 2.75) is 33.0 Å². The quantitative estimate of drug-likeness (QED) is 0.644. The molecule has 1 heterocycles. The van der Waals surface area contributed by atoms with Crippen LogP contribution in [0.25, 0.3) is 0 Å². The average Bonchev–Trinajstić information content (AvgIpc) is 2.66.